The minimum Gasteiger partial charge on any atom is -0.395 e. The molecule has 0 bridgehead atoms. The lowest BCUT2D eigenvalue weighted by molar-refractivity contribution is 0.311. The number of thioether (sulfide) groups is 1. The van der Waals surface area contributed by atoms with Crippen LogP contribution in [0.5, 0.6) is 0 Å². The SMILES string of the molecule is CSc1c(Cl)nc(-c2ccc(N)nc2)nc1NCCO. The van der Waals surface area contributed by atoms with Crippen LogP contribution in [0.4, 0.5) is 11.6 Å². The van der Waals surface area contributed by atoms with Gasteiger partial charge in [-0.1, -0.05) is 11.6 Å². The van der Waals surface area contributed by atoms with Gasteiger partial charge in [0.25, 0.3) is 0 Å². The molecule has 0 radical (unpaired) electrons. The quantitative estimate of drug-likeness (QED) is 0.573. The second kappa shape index (κ2) is 6.74. The molecular weight excluding hydrogens is 298 g/mol. The molecule has 0 atom stereocenters. The molecule has 106 valence electrons. The first-order chi connectivity index (χ1) is 9.65. The summed E-state index contributed by atoms with van der Waals surface area (Å²) in [5.74, 6) is 1.48. The lowest BCUT2D eigenvalue weighted by Gasteiger charge is -2.11. The molecule has 8 heteroatoms. The zero-order chi connectivity index (χ0) is 14.5. The van der Waals surface area contributed by atoms with Gasteiger partial charge in [0.1, 0.15) is 16.8 Å². The summed E-state index contributed by atoms with van der Waals surface area (Å²) >= 11 is 7.62. The number of rotatable bonds is 5. The Morgan fingerprint density at radius 3 is 2.80 bits per heavy atom. The number of pyridine rings is 1. The predicted octanol–water partition coefficient (Wildman–Crippen LogP) is 1.90. The molecule has 0 amide bonds. The maximum atomic E-state index is 8.91. The van der Waals surface area contributed by atoms with Crippen LogP contribution in [0.2, 0.25) is 5.15 Å². The van der Waals surface area contributed by atoms with Crippen molar-refractivity contribution in [2.45, 2.75) is 4.90 Å². The Balaban J connectivity index is 2.44. The number of nitrogens with two attached hydrogens (primary N) is 1. The molecule has 0 spiro atoms. The summed E-state index contributed by atoms with van der Waals surface area (Å²) in [6.45, 7) is 0.397. The molecule has 6 nitrogen and oxygen atoms in total. The van der Waals surface area contributed by atoms with Crippen molar-refractivity contribution in [3.05, 3.63) is 23.5 Å². The van der Waals surface area contributed by atoms with Crippen molar-refractivity contribution in [1.29, 1.82) is 0 Å². The van der Waals surface area contributed by atoms with Crippen LogP contribution in [0.1, 0.15) is 0 Å². The Hall–Kier alpha value is -1.57. The normalized spacial score (nSPS) is 10.6. The van der Waals surface area contributed by atoms with Crippen LogP contribution in [0.25, 0.3) is 11.4 Å². The highest BCUT2D eigenvalue weighted by molar-refractivity contribution is 7.98. The molecule has 0 aromatic carbocycles. The van der Waals surface area contributed by atoms with Gasteiger partial charge >= 0.3 is 0 Å². The van der Waals surface area contributed by atoms with E-state index < -0.39 is 0 Å². The molecular formula is C12H14ClN5OS. The molecule has 2 aromatic heterocycles. The third kappa shape index (κ3) is 3.30. The lowest BCUT2D eigenvalue weighted by atomic mass is 10.2. The van der Waals surface area contributed by atoms with Crippen molar-refractivity contribution < 1.29 is 5.11 Å². The zero-order valence-electron chi connectivity index (χ0n) is 10.8. The number of aromatic nitrogens is 3. The summed E-state index contributed by atoms with van der Waals surface area (Å²) in [6, 6.07) is 3.46. The average Bonchev–Trinajstić information content (AvgIpc) is 2.45. The van der Waals surface area contributed by atoms with Crippen LogP contribution >= 0.6 is 23.4 Å². The molecule has 2 rings (SSSR count). The monoisotopic (exact) mass is 311 g/mol. The smallest absolute Gasteiger partial charge is 0.164 e. The van der Waals surface area contributed by atoms with Crippen molar-refractivity contribution >= 4 is 35.0 Å². The number of halogens is 1. The van der Waals surface area contributed by atoms with E-state index in [2.05, 4.69) is 20.3 Å². The van der Waals surface area contributed by atoms with Gasteiger partial charge in [0.2, 0.25) is 0 Å². The summed E-state index contributed by atoms with van der Waals surface area (Å²) in [4.78, 5) is 13.4. The number of nitrogens with one attached hydrogen (secondary N) is 1. The summed E-state index contributed by atoms with van der Waals surface area (Å²) in [6.07, 6.45) is 3.48. The number of aliphatic hydroxyl groups is 1. The van der Waals surface area contributed by atoms with E-state index in [1.165, 1.54) is 11.8 Å². The van der Waals surface area contributed by atoms with E-state index in [9.17, 15) is 0 Å². The first-order valence-corrected chi connectivity index (χ1v) is 7.44. The molecule has 0 saturated carbocycles. The van der Waals surface area contributed by atoms with Crippen molar-refractivity contribution in [1.82, 2.24) is 15.0 Å². The topological polar surface area (TPSA) is 97.0 Å². The molecule has 0 aliphatic heterocycles. The van der Waals surface area contributed by atoms with E-state index in [0.29, 0.717) is 29.2 Å². The second-order valence-electron chi connectivity index (χ2n) is 3.84. The van der Waals surface area contributed by atoms with E-state index in [1.807, 2.05) is 6.26 Å². The fourth-order valence-corrected chi connectivity index (χ4v) is 2.49. The van der Waals surface area contributed by atoms with E-state index in [-0.39, 0.29) is 6.61 Å². The molecule has 2 aromatic rings. The third-order valence-corrected chi connectivity index (χ3v) is 3.66. The Bertz CT molecular complexity index is 593. The Labute approximate surface area is 125 Å². The fraction of sp³-hybridized carbons (Fsp3) is 0.250. The highest BCUT2D eigenvalue weighted by Crippen LogP contribution is 2.32. The molecule has 0 fully saturated rings. The molecule has 0 unspecified atom stereocenters. The van der Waals surface area contributed by atoms with E-state index >= 15 is 0 Å². The van der Waals surface area contributed by atoms with Crippen molar-refractivity contribution in [3.63, 3.8) is 0 Å². The largest absolute Gasteiger partial charge is 0.395 e. The highest BCUT2D eigenvalue weighted by atomic mass is 35.5. The minimum absolute atomic E-state index is 0.00814. The molecule has 0 aliphatic carbocycles. The van der Waals surface area contributed by atoms with Crippen LogP contribution < -0.4 is 11.1 Å². The van der Waals surface area contributed by atoms with Crippen LogP contribution in [0.3, 0.4) is 0 Å². The van der Waals surface area contributed by atoms with Gasteiger partial charge in [-0.15, -0.1) is 11.8 Å². The summed E-state index contributed by atoms with van der Waals surface area (Å²) in [5.41, 5.74) is 6.28. The van der Waals surface area contributed by atoms with Gasteiger partial charge in [-0.05, 0) is 18.4 Å². The zero-order valence-corrected chi connectivity index (χ0v) is 12.4. The molecule has 0 aliphatic rings. The molecule has 4 N–H and O–H groups in total. The fourth-order valence-electron chi connectivity index (χ4n) is 1.56. The molecule has 2 heterocycles. The second-order valence-corrected chi connectivity index (χ2v) is 5.02. The molecule has 20 heavy (non-hydrogen) atoms. The Kier molecular flexibility index (Phi) is 4.99. The van der Waals surface area contributed by atoms with E-state index in [4.69, 9.17) is 22.4 Å². The molecule has 0 saturated heterocycles. The maximum absolute atomic E-state index is 8.91. The lowest BCUT2D eigenvalue weighted by Crippen LogP contribution is -2.09. The maximum Gasteiger partial charge on any atom is 0.164 e. The number of hydrogen-bond acceptors (Lipinski definition) is 7. The van der Waals surface area contributed by atoms with Crippen LogP contribution in [0, 0.1) is 0 Å². The third-order valence-electron chi connectivity index (χ3n) is 2.48. The number of anilines is 2. The van der Waals surface area contributed by atoms with E-state index in [0.717, 1.165) is 10.5 Å². The Morgan fingerprint density at radius 1 is 1.40 bits per heavy atom. The van der Waals surface area contributed by atoms with Crippen LogP contribution in [-0.2, 0) is 0 Å². The van der Waals surface area contributed by atoms with Crippen LogP contribution in [-0.4, -0.2) is 39.5 Å². The predicted molar refractivity (Wildman–Crippen MR) is 82.0 cm³/mol. The van der Waals surface area contributed by atoms with Gasteiger partial charge in [-0.25, -0.2) is 15.0 Å². The van der Waals surface area contributed by atoms with Crippen molar-refractivity contribution in [2.75, 3.05) is 30.5 Å². The Morgan fingerprint density at radius 2 is 2.20 bits per heavy atom. The van der Waals surface area contributed by atoms with Crippen molar-refractivity contribution in [2.24, 2.45) is 0 Å². The standard InChI is InChI=1S/C12H14ClN5OS/c1-20-9-10(13)17-11(18-12(9)15-4-5-19)7-2-3-8(14)16-6-7/h2-3,6,19H,4-5H2,1H3,(H2,14,16)(H,15,17,18). The average molecular weight is 312 g/mol. The van der Waals surface area contributed by atoms with Crippen LogP contribution in [0.15, 0.2) is 23.2 Å². The summed E-state index contributed by atoms with van der Waals surface area (Å²) in [7, 11) is 0. The van der Waals surface area contributed by atoms with E-state index in [1.54, 1.807) is 18.3 Å². The van der Waals surface area contributed by atoms with Gasteiger partial charge in [-0.2, -0.15) is 0 Å². The number of hydrogen-bond donors (Lipinski definition) is 3. The van der Waals surface area contributed by atoms with Gasteiger partial charge in [0, 0.05) is 18.3 Å². The van der Waals surface area contributed by atoms with Gasteiger partial charge < -0.3 is 16.2 Å². The van der Waals surface area contributed by atoms with Crippen molar-refractivity contribution in [3.8, 4) is 11.4 Å². The first kappa shape index (κ1) is 14.8. The number of nitrogens with zero attached hydrogens (tertiary/aromatic N) is 3. The number of aliphatic hydroxyl groups excluding tert-OH is 1. The number of nitrogen functional groups attached to an aromatic ring is 1. The van der Waals surface area contributed by atoms with Gasteiger partial charge in [0.15, 0.2) is 5.82 Å². The summed E-state index contributed by atoms with van der Waals surface area (Å²) < 4.78 is 0. The summed E-state index contributed by atoms with van der Waals surface area (Å²) in [5, 5.41) is 12.3. The minimum atomic E-state index is 0.00814. The highest BCUT2D eigenvalue weighted by Gasteiger charge is 2.13. The first-order valence-electron chi connectivity index (χ1n) is 5.84. The van der Waals surface area contributed by atoms with Gasteiger partial charge in [-0.3, -0.25) is 0 Å². The van der Waals surface area contributed by atoms with Gasteiger partial charge in [0.05, 0.1) is 11.5 Å².